The van der Waals surface area contributed by atoms with Crippen LogP contribution in [0.4, 0.5) is 0 Å². The third kappa shape index (κ3) is 5.21. The fraction of sp³-hybridized carbons (Fsp3) is 0.850. The van der Waals surface area contributed by atoms with E-state index in [0.29, 0.717) is 19.4 Å². The van der Waals surface area contributed by atoms with Crippen LogP contribution in [0.3, 0.4) is 0 Å². The van der Waals surface area contributed by atoms with Gasteiger partial charge in [-0.25, -0.2) is 4.79 Å². The van der Waals surface area contributed by atoms with Crippen molar-refractivity contribution in [3.8, 4) is 0 Å². The van der Waals surface area contributed by atoms with Gasteiger partial charge in [0.15, 0.2) is 0 Å². The van der Waals surface area contributed by atoms with E-state index in [9.17, 15) is 19.5 Å². The Labute approximate surface area is 161 Å². The largest absolute Gasteiger partial charge is 0.480 e. The normalized spacial score (nSPS) is 26.9. The van der Waals surface area contributed by atoms with E-state index in [2.05, 4.69) is 5.32 Å². The molecule has 2 aliphatic rings. The second kappa shape index (κ2) is 10.1. The van der Waals surface area contributed by atoms with Crippen molar-refractivity contribution in [3.05, 3.63) is 0 Å². The fourth-order valence-corrected chi connectivity index (χ4v) is 4.51. The van der Waals surface area contributed by atoms with Crippen LogP contribution in [0.5, 0.6) is 0 Å². The van der Waals surface area contributed by atoms with Crippen molar-refractivity contribution >= 4 is 17.8 Å². The van der Waals surface area contributed by atoms with Crippen molar-refractivity contribution in [1.82, 2.24) is 10.2 Å². The minimum atomic E-state index is -0.933. The standard InChI is InChI=1S/C20H34N2O5/c1-4-6-10-15(20(26)27-5-2)21-13(3)18(23)22-16-11-8-7-9-14(16)12-17(22)19(24)25/h13-17,21H,4-12H2,1-3H3,(H,24,25)/t13-,14-,15-,16-,17-/m0/s1. The van der Waals surface area contributed by atoms with Crippen LogP contribution >= 0.6 is 0 Å². The molecule has 0 spiro atoms. The molecule has 27 heavy (non-hydrogen) atoms. The summed E-state index contributed by atoms with van der Waals surface area (Å²) in [6, 6.07) is -1.92. The molecule has 1 aliphatic heterocycles. The second-order valence-electron chi connectivity index (χ2n) is 7.78. The van der Waals surface area contributed by atoms with Gasteiger partial charge in [0.2, 0.25) is 5.91 Å². The van der Waals surface area contributed by atoms with Crippen molar-refractivity contribution in [2.45, 2.75) is 96.3 Å². The predicted octanol–water partition coefficient (Wildman–Crippen LogP) is 2.33. The summed E-state index contributed by atoms with van der Waals surface area (Å²) in [5.41, 5.74) is 0. The van der Waals surface area contributed by atoms with Gasteiger partial charge in [0.1, 0.15) is 12.1 Å². The highest BCUT2D eigenvalue weighted by atomic mass is 16.5. The van der Waals surface area contributed by atoms with Gasteiger partial charge in [-0.3, -0.25) is 14.9 Å². The van der Waals surface area contributed by atoms with Crippen molar-refractivity contribution in [3.63, 3.8) is 0 Å². The Morgan fingerprint density at radius 1 is 1.22 bits per heavy atom. The lowest BCUT2D eigenvalue weighted by Gasteiger charge is -2.35. The maximum Gasteiger partial charge on any atom is 0.326 e. The maximum absolute atomic E-state index is 13.2. The number of carboxylic acids is 1. The lowest BCUT2D eigenvalue weighted by atomic mass is 9.84. The van der Waals surface area contributed by atoms with Gasteiger partial charge in [-0.1, -0.05) is 32.6 Å². The first-order chi connectivity index (χ1) is 12.9. The number of amides is 1. The molecule has 7 heteroatoms. The molecule has 7 nitrogen and oxygen atoms in total. The van der Waals surface area contributed by atoms with Crippen LogP contribution in [0.2, 0.25) is 0 Å². The number of nitrogens with one attached hydrogen (secondary N) is 1. The Morgan fingerprint density at radius 3 is 2.56 bits per heavy atom. The Hall–Kier alpha value is -1.63. The molecule has 0 unspecified atom stereocenters. The second-order valence-corrected chi connectivity index (χ2v) is 7.78. The molecule has 1 amide bonds. The van der Waals surface area contributed by atoms with E-state index >= 15 is 0 Å². The highest BCUT2D eigenvalue weighted by Crippen LogP contribution is 2.40. The molecule has 154 valence electrons. The summed E-state index contributed by atoms with van der Waals surface area (Å²) >= 11 is 0. The minimum Gasteiger partial charge on any atom is -0.480 e. The zero-order chi connectivity index (χ0) is 20.0. The van der Waals surface area contributed by atoms with E-state index in [1.54, 1.807) is 18.7 Å². The highest BCUT2D eigenvalue weighted by Gasteiger charge is 2.48. The van der Waals surface area contributed by atoms with Gasteiger partial charge < -0.3 is 14.7 Å². The van der Waals surface area contributed by atoms with Gasteiger partial charge in [0.05, 0.1) is 12.6 Å². The lowest BCUT2D eigenvalue weighted by Crippen LogP contribution is -2.55. The van der Waals surface area contributed by atoms with Crippen LogP contribution in [0.15, 0.2) is 0 Å². The summed E-state index contributed by atoms with van der Waals surface area (Å²) in [5.74, 6) is -1.23. The molecule has 1 saturated heterocycles. The van der Waals surface area contributed by atoms with Crippen molar-refractivity contribution in [2.24, 2.45) is 5.92 Å². The Bertz CT molecular complexity index is 538. The average Bonchev–Trinajstić information content (AvgIpc) is 3.04. The molecule has 1 aliphatic carbocycles. The minimum absolute atomic E-state index is 0.00767. The number of carbonyl (C=O) groups excluding carboxylic acids is 2. The number of nitrogens with zero attached hydrogens (tertiary/aromatic N) is 1. The van der Waals surface area contributed by atoms with Gasteiger partial charge in [0, 0.05) is 6.04 Å². The summed E-state index contributed by atoms with van der Waals surface area (Å²) < 4.78 is 5.13. The van der Waals surface area contributed by atoms with Crippen molar-refractivity contribution in [2.75, 3.05) is 6.61 Å². The molecular weight excluding hydrogens is 348 g/mol. The van der Waals surface area contributed by atoms with Crippen LogP contribution < -0.4 is 5.32 Å². The van der Waals surface area contributed by atoms with Crippen LogP contribution in [0.25, 0.3) is 0 Å². The van der Waals surface area contributed by atoms with Crippen LogP contribution in [0.1, 0.15) is 72.1 Å². The Kier molecular flexibility index (Phi) is 8.07. The first-order valence-electron chi connectivity index (χ1n) is 10.4. The molecule has 0 aromatic rings. The number of unbranched alkanes of at least 4 members (excludes halogenated alkanes) is 1. The fourth-order valence-electron chi connectivity index (χ4n) is 4.51. The number of hydrogen-bond donors (Lipinski definition) is 2. The third-order valence-electron chi connectivity index (χ3n) is 5.87. The predicted molar refractivity (Wildman–Crippen MR) is 101 cm³/mol. The topological polar surface area (TPSA) is 95.9 Å². The van der Waals surface area contributed by atoms with Crippen LogP contribution in [0, 0.1) is 5.92 Å². The number of esters is 1. The van der Waals surface area contributed by atoms with Crippen molar-refractivity contribution < 1.29 is 24.2 Å². The molecule has 2 rings (SSSR count). The van der Waals surface area contributed by atoms with E-state index in [0.717, 1.165) is 38.5 Å². The number of rotatable bonds is 9. The molecule has 0 bridgehead atoms. The van der Waals surface area contributed by atoms with E-state index in [4.69, 9.17) is 4.74 Å². The SMILES string of the molecule is CCCC[C@H](N[C@@H](C)C(=O)N1[C@H](C(=O)O)C[C@@H]2CCCC[C@@H]21)C(=O)OCC. The smallest absolute Gasteiger partial charge is 0.326 e. The molecular formula is C20H34N2O5. The number of aliphatic carboxylic acids is 1. The van der Waals surface area contributed by atoms with Crippen LogP contribution in [-0.2, 0) is 19.1 Å². The van der Waals surface area contributed by atoms with E-state index in [1.165, 1.54) is 0 Å². The van der Waals surface area contributed by atoms with Gasteiger partial charge in [-0.05, 0) is 45.4 Å². The lowest BCUT2D eigenvalue weighted by molar-refractivity contribution is -0.152. The summed E-state index contributed by atoms with van der Waals surface area (Å²) in [4.78, 5) is 38.7. The number of fused-ring (bicyclic) bond motifs is 1. The number of hydrogen-bond acceptors (Lipinski definition) is 5. The van der Waals surface area contributed by atoms with E-state index in [1.807, 2.05) is 6.92 Å². The summed E-state index contributed by atoms with van der Waals surface area (Å²) in [5, 5.41) is 12.7. The monoisotopic (exact) mass is 382 g/mol. The number of carbonyl (C=O) groups is 3. The molecule has 0 radical (unpaired) electrons. The summed E-state index contributed by atoms with van der Waals surface area (Å²) in [7, 11) is 0. The Morgan fingerprint density at radius 2 is 1.93 bits per heavy atom. The molecule has 1 saturated carbocycles. The summed E-state index contributed by atoms with van der Waals surface area (Å²) in [6.07, 6.45) is 6.91. The molecule has 0 aromatic carbocycles. The quantitative estimate of drug-likeness (QED) is 0.594. The van der Waals surface area contributed by atoms with Gasteiger partial charge in [-0.2, -0.15) is 0 Å². The molecule has 2 fully saturated rings. The van der Waals surface area contributed by atoms with E-state index < -0.39 is 24.1 Å². The molecule has 0 aromatic heterocycles. The number of carboxylic acid groups (broad SMARTS) is 1. The average molecular weight is 383 g/mol. The van der Waals surface area contributed by atoms with E-state index in [-0.39, 0.29) is 23.8 Å². The number of ether oxygens (including phenoxy) is 1. The zero-order valence-electron chi connectivity index (χ0n) is 16.8. The first kappa shape index (κ1) is 21.7. The van der Waals surface area contributed by atoms with Gasteiger partial charge in [0.25, 0.3) is 0 Å². The number of likely N-dealkylation sites (tertiary alicyclic amines) is 1. The summed E-state index contributed by atoms with van der Waals surface area (Å²) in [6.45, 7) is 5.81. The zero-order valence-corrected chi connectivity index (χ0v) is 16.8. The molecule has 1 heterocycles. The third-order valence-corrected chi connectivity index (χ3v) is 5.87. The van der Waals surface area contributed by atoms with Crippen molar-refractivity contribution in [1.29, 1.82) is 0 Å². The molecule has 5 atom stereocenters. The van der Waals surface area contributed by atoms with Crippen LogP contribution in [-0.4, -0.2) is 58.6 Å². The molecule has 2 N–H and O–H groups in total. The maximum atomic E-state index is 13.2. The van der Waals surface area contributed by atoms with Gasteiger partial charge in [-0.15, -0.1) is 0 Å². The Balaban J connectivity index is 2.10. The highest BCUT2D eigenvalue weighted by molar-refractivity contribution is 5.88. The van der Waals surface area contributed by atoms with Gasteiger partial charge >= 0.3 is 11.9 Å². The first-order valence-corrected chi connectivity index (χ1v) is 10.4.